The molecule has 0 aromatic heterocycles. The summed E-state index contributed by atoms with van der Waals surface area (Å²) in [4.78, 5) is 30.8. The molecule has 3 fully saturated rings. The number of nitrogens with one attached hydrogen (secondary N) is 1. The van der Waals surface area contributed by atoms with Crippen molar-refractivity contribution in [1.29, 1.82) is 0 Å². The van der Waals surface area contributed by atoms with Gasteiger partial charge in [-0.2, -0.15) is 0 Å². The van der Waals surface area contributed by atoms with Gasteiger partial charge in [-0.1, -0.05) is 17.7 Å². The fourth-order valence-corrected chi connectivity index (χ4v) is 3.99. The molecular weight excluding hydrogens is 340 g/mol. The number of carbonyl (C=O) groups excluding carboxylic acids is 2. The van der Waals surface area contributed by atoms with Gasteiger partial charge < -0.3 is 10.2 Å². The summed E-state index contributed by atoms with van der Waals surface area (Å²) in [6.07, 6.45) is 2.04. The topological polar surface area (TPSA) is 55.9 Å². The van der Waals surface area contributed by atoms with Gasteiger partial charge in [-0.15, -0.1) is 0 Å². The van der Waals surface area contributed by atoms with Crippen molar-refractivity contribution in [3.8, 4) is 0 Å². The number of carbonyl (C=O) groups is 2. The van der Waals surface area contributed by atoms with E-state index in [0.717, 1.165) is 49.7 Å². The summed E-state index contributed by atoms with van der Waals surface area (Å²) in [5, 5.41) is 3.64. The molecule has 6 nitrogen and oxygen atoms in total. The molecule has 2 heterocycles. The third-order valence-corrected chi connectivity index (χ3v) is 5.82. The minimum Gasteiger partial charge on any atom is -0.369 e. The summed E-state index contributed by atoms with van der Waals surface area (Å²) in [5.74, 6) is 0.228. The van der Waals surface area contributed by atoms with Crippen LogP contribution in [-0.2, 0) is 4.79 Å². The zero-order valence-electron chi connectivity index (χ0n) is 14.4. The van der Waals surface area contributed by atoms with E-state index >= 15 is 0 Å². The number of benzene rings is 1. The number of imide groups is 1. The molecule has 1 aliphatic carbocycles. The first-order valence-corrected chi connectivity index (χ1v) is 9.22. The first-order chi connectivity index (χ1) is 12.0. The van der Waals surface area contributed by atoms with Crippen molar-refractivity contribution in [2.24, 2.45) is 5.92 Å². The second kappa shape index (κ2) is 6.18. The third-order valence-electron chi connectivity index (χ3n) is 5.58. The molecule has 7 heteroatoms. The first kappa shape index (κ1) is 16.7. The van der Waals surface area contributed by atoms with Gasteiger partial charge in [0, 0.05) is 36.9 Å². The van der Waals surface area contributed by atoms with Crippen LogP contribution in [0.1, 0.15) is 19.8 Å². The molecule has 4 rings (SSSR count). The van der Waals surface area contributed by atoms with Crippen molar-refractivity contribution in [2.75, 3.05) is 37.7 Å². The Morgan fingerprint density at radius 2 is 1.92 bits per heavy atom. The summed E-state index contributed by atoms with van der Waals surface area (Å²) >= 11 is 6.07. The summed E-state index contributed by atoms with van der Waals surface area (Å²) in [6.45, 7) is 5.56. The maximum absolute atomic E-state index is 12.7. The van der Waals surface area contributed by atoms with E-state index < -0.39 is 5.54 Å². The van der Waals surface area contributed by atoms with Crippen molar-refractivity contribution in [2.45, 2.75) is 25.3 Å². The van der Waals surface area contributed by atoms with E-state index in [1.54, 1.807) is 0 Å². The lowest BCUT2D eigenvalue weighted by atomic mass is 9.96. The molecule has 1 saturated carbocycles. The Bertz CT molecular complexity index is 700. The van der Waals surface area contributed by atoms with Gasteiger partial charge in [-0.05, 0) is 43.9 Å². The van der Waals surface area contributed by atoms with E-state index in [1.165, 1.54) is 4.90 Å². The molecule has 2 aliphatic heterocycles. The van der Waals surface area contributed by atoms with Crippen molar-refractivity contribution >= 4 is 29.2 Å². The highest BCUT2D eigenvalue weighted by molar-refractivity contribution is 6.30. The molecule has 2 saturated heterocycles. The minimum atomic E-state index is -0.695. The van der Waals surface area contributed by atoms with Crippen LogP contribution in [0.3, 0.4) is 0 Å². The molecule has 1 N–H and O–H groups in total. The molecule has 1 atom stereocenters. The van der Waals surface area contributed by atoms with Crippen LogP contribution in [0.5, 0.6) is 0 Å². The van der Waals surface area contributed by atoms with Gasteiger partial charge in [0.05, 0.1) is 6.67 Å². The Morgan fingerprint density at radius 3 is 2.56 bits per heavy atom. The quantitative estimate of drug-likeness (QED) is 0.834. The Balaban J connectivity index is 1.36. The zero-order valence-corrected chi connectivity index (χ0v) is 15.1. The molecule has 0 unspecified atom stereocenters. The van der Waals surface area contributed by atoms with E-state index in [9.17, 15) is 9.59 Å². The normalized spacial score (nSPS) is 27.8. The number of hydrogen-bond donors (Lipinski definition) is 1. The number of hydrogen-bond acceptors (Lipinski definition) is 4. The van der Waals surface area contributed by atoms with Gasteiger partial charge in [0.15, 0.2) is 0 Å². The fraction of sp³-hybridized carbons (Fsp3) is 0.556. The van der Waals surface area contributed by atoms with Crippen molar-refractivity contribution < 1.29 is 9.59 Å². The molecule has 3 aliphatic rings. The first-order valence-electron chi connectivity index (χ1n) is 8.84. The van der Waals surface area contributed by atoms with E-state index in [1.807, 2.05) is 25.1 Å². The lowest BCUT2D eigenvalue weighted by Crippen LogP contribution is -2.52. The number of amides is 3. The number of piperazine rings is 1. The maximum atomic E-state index is 12.7. The Labute approximate surface area is 152 Å². The van der Waals surface area contributed by atoms with E-state index in [2.05, 4.69) is 21.2 Å². The molecule has 134 valence electrons. The number of nitrogens with zero attached hydrogens (tertiary/aromatic N) is 3. The van der Waals surface area contributed by atoms with Crippen molar-refractivity contribution in [3.63, 3.8) is 0 Å². The molecule has 0 spiro atoms. The van der Waals surface area contributed by atoms with Gasteiger partial charge in [0.1, 0.15) is 5.54 Å². The molecule has 1 aromatic rings. The van der Waals surface area contributed by atoms with Crippen LogP contribution in [0.15, 0.2) is 24.3 Å². The van der Waals surface area contributed by atoms with E-state index in [-0.39, 0.29) is 11.9 Å². The Hall–Kier alpha value is -1.79. The average molecular weight is 363 g/mol. The van der Waals surface area contributed by atoms with Crippen LogP contribution in [0.25, 0.3) is 0 Å². The highest BCUT2D eigenvalue weighted by Crippen LogP contribution is 2.42. The largest absolute Gasteiger partial charge is 0.369 e. The van der Waals surface area contributed by atoms with Crippen molar-refractivity contribution in [3.05, 3.63) is 29.3 Å². The van der Waals surface area contributed by atoms with E-state index in [0.29, 0.717) is 12.6 Å². The average Bonchev–Trinajstić information content (AvgIpc) is 3.42. The lowest BCUT2D eigenvalue weighted by molar-refractivity contribution is -0.133. The van der Waals surface area contributed by atoms with Crippen LogP contribution in [0.4, 0.5) is 10.5 Å². The number of urea groups is 1. The molecule has 1 aromatic carbocycles. The van der Waals surface area contributed by atoms with Crippen LogP contribution in [0, 0.1) is 5.92 Å². The summed E-state index contributed by atoms with van der Waals surface area (Å²) < 4.78 is 0. The molecule has 3 amide bonds. The van der Waals surface area contributed by atoms with Gasteiger partial charge in [0.2, 0.25) is 0 Å². The van der Waals surface area contributed by atoms with Gasteiger partial charge in [-0.25, -0.2) is 9.69 Å². The molecular formula is C18H23ClN4O2. The second-order valence-corrected chi connectivity index (χ2v) is 7.80. The Kier molecular flexibility index (Phi) is 4.12. The highest BCUT2D eigenvalue weighted by Gasteiger charge is 2.56. The Morgan fingerprint density at radius 1 is 1.20 bits per heavy atom. The number of rotatable bonds is 4. The second-order valence-electron chi connectivity index (χ2n) is 7.37. The highest BCUT2D eigenvalue weighted by atomic mass is 35.5. The third kappa shape index (κ3) is 3.09. The summed E-state index contributed by atoms with van der Waals surface area (Å²) in [5.41, 5.74) is 0.420. The number of anilines is 1. The zero-order chi connectivity index (χ0) is 17.6. The van der Waals surface area contributed by atoms with Gasteiger partial charge in [0.25, 0.3) is 5.91 Å². The van der Waals surface area contributed by atoms with Crippen LogP contribution < -0.4 is 10.2 Å². The maximum Gasteiger partial charge on any atom is 0.326 e. The minimum absolute atomic E-state index is 0.0720. The lowest BCUT2D eigenvalue weighted by Gasteiger charge is -2.37. The van der Waals surface area contributed by atoms with Crippen LogP contribution >= 0.6 is 11.6 Å². The van der Waals surface area contributed by atoms with Crippen molar-refractivity contribution in [1.82, 2.24) is 15.1 Å². The van der Waals surface area contributed by atoms with E-state index in [4.69, 9.17) is 11.6 Å². The number of halogens is 1. The summed E-state index contributed by atoms with van der Waals surface area (Å²) in [6, 6.07) is 7.60. The molecule has 0 bridgehead atoms. The van der Waals surface area contributed by atoms with Gasteiger partial charge >= 0.3 is 6.03 Å². The van der Waals surface area contributed by atoms with Crippen LogP contribution in [-0.4, -0.2) is 60.1 Å². The van der Waals surface area contributed by atoms with Gasteiger partial charge in [-0.3, -0.25) is 9.69 Å². The molecule has 0 radical (unpaired) electrons. The smallest absolute Gasteiger partial charge is 0.326 e. The predicted molar refractivity (Wildman–Crippen MR) is 96.6 cm³/mol. The predicted octanol–water partition coefficient (Wildman–Crippen LogP) is 2.14. The molecule has 25 heavy (non-hydrogen) atoms. The van der Waals surface area contributed by atoms with Crippen LogP contribution in [0.2, 0.25) is 5.02 Å². The fourth-order valence-electron chi connectivity index (χ4n) is 3.80. The summed E-state index contributed by atoms with van der Waals surface area (Å²) in [7, 11) is 0. The monoisotopic (exact) mass is 362 g/mol. The SMILES string of the molecule is C[C@]1(C2CC2)NC(=O)N(CN2CCN(c3cccc(Cl)c3)CC2)C1=O. The standard InChI is InChI=1S/C18H23ClN4O2/c1-18(13-5-6-13)16(24)23(17(25)20-18)12-21-7-9-22(10-8-21)15-4-2-3-14(19)11-15/h2-4,11,13H,5-10,12H2,1H3,(H,20,25)/t18-/m1/s1.